The molecule has 0 aliphatic carbocycles. The van der Waals surface area contributed by atoms with Gasteiger partial charge in [-0.05, 0) is 25.8 Å². The number of nitrogens with zero attached hydrogens (tertiary/aromatic N) is 5. The molecule has 2 aromatic rings. The van der Waals surface area contributed by atoms with Crippen molar-refractivity contribution in [2.75, 3.05) is 26.8 Å². The number of likely N-dealkylation sites (tertiary alicyclic amines) is 1. The molecule has 2 atom stereocenters. The molecule has 1 aliphatic heterocycles. The Morgan fingerprint density at radius 2 is 2.20 bits per heavy atom. The molecule has 3 heterocycles. The van der Waals surface area contributed by atoms with E-state index >= 15 is 0 Å². The van der Waals surface area contributed by atoms with Crippen molar-refractivity contribution >= 4 is 11.8 Å². The summed E-state index contributed by atoms with van der Waals surface area (Å²) in [6.45, 7) is 4.94. The highest BCUT2D eigenvalue weighted by atomic mass is 19.1. The van der Waals surface area contributed by atoms with Crippen molar-refractivity contribution in [2.45, 2.75) is 51.9 Å². The van der Waals surface area contributed by atoms with Gasteiger partial charge in [-0.2, -0.15) is 5.10 Å². The van der Waals surface area contributed by atoms with Crippen molar-refractivity contribution in [1.29, 1.82) is 0 Å². The van der Waals surface area contributed by atoms with Crippen molar-refractivity contribution in [2.24, 2.45) is 0 Å². The maximum absolute atomic E-state index is 14.1. The van der Waals surface area contributed by atoms with E-state index in [9.17, 15) is 14.0 Å². The van der Waals surface area contributed by atoms with E-state index in [1.165, 1.54) is 10.9 Å². The average molecular weight is 421 g/mol. The van der Waals surface area contributed by atoms with Crippen molar-refractivity contribution in [3.05, 3.63) is 28.8 Å². The number of carbonyl (C=O) groups is 2. The van der Waals surface area contributed by atoms with Crippen LogP contribution in [0, 0.1) is 13.8 Å². The summed E-state index contributed by atoms with van der Waals surface area (Å²) in [5, 5.41) is 17.6. The van der Waals surface area contributed by atoms with Crippen LogP contribution in [0.4, 0.5) is 4.39 Å². The van der Waals surface area contributed by atoms with Crippen molar-refractivity contribution in [1.82, 2.24) is 35.4 Å². The molecule has 2 amide bonds. The van der Waals surface area contributed by atoms with Crippen LogP contribution < -0.4 is 5.32 Å². The number of aryl methyl sites for hydroxylation is 2. The van der Waals surface area contributed by atoms with Gasteiger partial charge in [0.05, 0.1) is 37.6 Å². The molecular formula is C19H28FN7O3. The lowest BCUT2D eigenvalue weighted by Crippen LogP contribution is -2.38. The van der Waals surface area contributed by atoms with Crippen LogP contribution in [0.5, 0.6) is 0 Å². The monoisotopic (exact) mass is 421 g/mol. The highest BCUT2D eigenvalue weighted by Gasteiger charge is 2.35. The Morgan fingerprint density at radius 3 is 2.90 bits per heavy atom. The first-order valence-electron chi connectivity index (χ1n) is 10.00. The summed E-state index contributed by atoms with van der Waals surface area (Å²) in [7, 11) is 1.55. The van der Waals surface area contributed by atoms with Gasteiger partial charge < -0.3 is 15.0 Å². The van der Waals surface area contributed by atoms with Crippen LogP contribution in [0.1, 0.15) is 40.3 Å². The van der Waals surface area contributed by atoms with Crippen LogP contribution in [-0.4, -0.2) is 80.9 Å². The molecule has 10 nitrogen and oxygen atoms in total. The lowest BCUT2D eigenvalue weighted by Gasteiger charge is -2.24. The molecule has 164 valence electrons. The highest BCUT2D eigenvalue weighted by Crippen LogP contribution is 2.23. The third kappa shape index (κ3) is 5.21. The van der Waals surface area contributed by atoms with Crippen molar-refractivity contribution in [3.8, 4) is 0 Å². The molecule has 1 saturated heterocycles. The maximum atomic E-state index is 14.1. The van der Waals surface area contributed by atoms with Gasteiger partial charge >= 0.3 is 0 Å². The van der Waals surface area contributed by atoms with Crippen LogP contribution in [0.15, 0.2) is 6.20 Å². The molecule has 1 fully saturated rings. The van der Waals surface area contributed by atoms with Gasteiger partial charge in [-0.25, -0.2) is 9.07 Å². The van der Waals surface area contributed by atoms with Gasteiger partial charge in [0.2, 0.25) is 5.91 Å². The number of halogens is 1. The van der Waals surface area contributed by atoms with Crippen LogP contribution in [0.25, 0.3) is 0 Å². The van der Waals surface area contributed by atoms with E-state index in [1.807, 2.05) is 13.8 Å². The van der Waals surface area contributed by atoms with E-state index in [0.29, 0.717) is 19.6 Å². The van der Waals surface area contributed by atoms with Crippen LogP contribution in [0.3, 0.4) is 0 Å². The van der Waals surface area contributed by atoms with E-state index in [2.05, 4.69) is 25.8 Å². The molecule has 0 radical (unpaired) electrons. The average Bonchev–Trinajstić information content (AvgIpc) is 3.40. The fraction of sp³-hybridized carbons (Fsp3) is 0.632. The number of hydrogen-bond acceptors (Lipinski definition) is 6. The summed E-state index contributed by atoms with van der Waals surface area (Å²) in [4.78, 5) is 26.4. The predicted molar refractivity (Wildman–Crippen MR) is 106 cm³/mol. The minimum absolute atomic E-state index is 0.0753. The van der Waals surface area contributed by atoms with Crippen molar-refractivity contribution < 1.29 is 18.7 Å². The highest BCUT2D eigenvalue weighted by molar-refractivity contribution is 5.91. The maximum Gasteiger partial charge on any atom is 0.273 e. The number of rotatable bonds is 9. The van der Waals surface area contributed by atoms with E-state index < -0.39 is 6.17 Å². The zero-order chi connectivity index (χ0) is 21.7. The lowest BCUT2D eigenvalue weighted by atomic mass is 10.1. The number of ether oxygens (including phenoxy) is 1. The third-order valence-electron chi connectivity index (χ3n) is 5.31. The molecule has 11 heteroatoms. The smallest absolute Gasteiger partial charge is 0.273 e. The second kappa shape index (κ2) is 9.79. The molecule has 0 spiro atoms. The second-order valence-corrected chi connectivity index (χ2v) is 7.52. The molecule has 0 aromatic carbocycles. The van der Waals surface area contributed by atoms with Gasteiger partial charge in [0.15, 0.2) is 5.69 Å². The summed E-state index contributed by atoms with van der Waals surface area (Å²) >= 11 is 0. The fourth-order valence-electron chi connectivity index (χ4n) is 3.72. The standard InChI is InChI=1S/C19H28FN7O3/c1-12-16(13(2)23-22-12)4-5-18(28)27-9-14(20)8-15(27)10-26-11-17(24-25-26)19(29)21-6-7-30-3/h11,14-15H,4-10H2,1-3H3,(H,21,29)(H,22,23)/t14-,15-/m0/s1. The normalized spacial score (nSPS) is 18.7. The van der Waals surface area contributed by atoms with E-state index in [-0.39, 0.29) is 49.5 Å². The topological polar surface area (TPSA) is 118 Å². The number of nitrogens with one attached hydrogen (secondary N) is 2. The zero-order valence-electron chi connectivity index (χ0n) is 17.5. The van der Waals surface area contributed by atoms with Gasteiger partial charge in [0, 0.05) is 32.2 Å². The molecule has 0 unspecified atom stereocenters. The predicted octanol–water partition coefficient (Wildman–Crippen LogP) is 0.566. The molecule has 30 heavy (non-hydrogen) atoms. The number of methoxy groups -OCH3 is 1. The Hall–Kier alpha value is -2.82. The Morgan fingerprint density at radius 1 is 1.40 bits per heavy atom. The lowest BCUT2D eigenvalue weighted by molar-refractivity contribution is -0.132. The number of aromatic amines is 1. The minimum atomic E-state index is -1.07. The minimum Gasteiger partial charge on any atom is -0.383 e. The van der Waals surface area contributed by atoms with Gasteiger partial charge in [-0.3, -0.25) is 14.7 Å². The molecule has 1 aliphatic rings. The van der Waals surface area contributed by atoms with E-state index in [0.717, 1.165) is 17.0 Å². The van der Waals surface area contributed by atoms with Crippen LogP contribution in [-0.2, 0) is 22.5 Å². The van der Waals surface area contributed by atoms with Crippen LogP contribution in [0.2, 0.25) is 0 Å². The summed E-state index contributed by atoms with van der Waals surface area (Å²) in [6.07, 6.45) is 1.52. The summed E-state index contributed by atoms with van der Waals surface area (Å²) < 4.78 is 20.5. The van der Waals surface area contributed by atoms with Crippen LogP contribution >= 0.6 is 0 Å². The molecule has 2 N–H and O–H groups in total. The zero-order valence-corrected chi connectivity index (χ0v) is 17.5. The fourth-order valence-corrected chi connectivity index (χ4v) is 3.72. The van der Waals surface area contributed by atoms with Gasteiger partial charge in [0.1, 0.15) is 6.17 Å². The Bertz CT molecular complexity index is 862. The largest absolute Gasteiger partial charge is 0.383 e. The quantitative estimate of drug-likeness (QED) is 0.572. The Labute approximate surface area is 174 Å². The van der Waals surface area contributed by atoms with Gasteiger partial charge in [0.25, 0.3) is 5.91 Å². The van der Waals surface area contributed by atoms with E-state index in [4.69, 9.17) is 4.74 Å². The molecular weight excluding hydrogens is 393 g/mol. The number of aromatic nitrogens is 5. The SMILES string of the molecule is COCCNC(=O)c1cn(C[C@@H]2C[C@H](F)CN2C(=O)CCc2c(C)n[nH]c2C)nn1. The first-order chi connectivity index (χ1) is 14.4. The number of hydrogen-bond donors (Lipinski definition) is 2. The molecule has 0 saturated carbocycles. The number of alkyl halides is 1. The van der Waals surface area contributed by atoms with Gasteiger partial charge in [-0.15, -0.1) is 5.10 Å². The number of amides is 2. The second-order valence-electron chi connectivity index (χ2n) is 7.52. The van der Waals surface area contributed by atoms with E-state index in [1.54, 1.807) is 12.0 Å². The summed E-state index contributed by atoms with van der Waals surface area (Å²) in [5.74, 6) is -0.454. The molecule has 0 bridgehead atoms. The first-order valence-corrected chi connectivity index (χ1v) is 10.00. The Kier molecular flexibility index (Phi) is 7.14. The molecule has 2 aromatic heterocycles. The first kappa shape index (κ1) is 21.9. The van der Waals surface area contributed by atoms with Crippen molar-refractivity contribution in [3.63, 3.8) is 0 Å². The third-order valence-corrected chi connectivity index (χ3v) is 5.31. The van der Waals surface area contributed by atoms with Gasteiger partial charge in [-0.1, -0.05) is 5.21 Å². The summed E-state index contributed by atoms with van der Waals surface area (Å²) in [6, 6.07) is -0.329. The number of H-pyrrole nitrogens is 1. The summed E-state index contributed by atoms with van der Waals surface area (Å²) in [5.41, 5.74) is 3.02. The molecule has 3 rings (SSSR count). The number of carbonyl (C=O) groups excluding carboxylic acids is 2. The Balaban J connectivity index is 1.58.